The molecule has 2 aromatic rings. The van der Waals surface area contributed by atoms with E-state index in [0.29, 0.717) is 15.9 Å². The molecule has 1 aromatic carbocycles. The van der Waals surface area contributed by atoms with E-state index in [-0.39, 0.29) is 0 Å². The van der Waals surface area contributed by atoms with Crippen molar-refractivity contribution in [3.63, 3.8) is 0 Å². The third-order valence-corrected chi connectivity index (χ3v) is 2.34. The lowest BCUT2D eigenvalue weighted by molar-refractivity contribution is 0.891. The molecule has 0 radical (unpaired) electrons. The summed E-state index contributed by atoms with van der Waals surface area (Å²) < 4.78 is 1.54. The summed E-state index contributed by atoms with van der Waals surface area (Å²) in [6.07, 6.45) is 1.50. The summed E-state index contributed by atoms with van der Waals surface area (Å²) in [5.41, 5.74) is 6.50. The van der Waals surface area contributed by atoms with E-state index in [1.807, 2.05) is 12.1 Å². The van der Waals surface area contributed by atoms with Crippen LogP contribution >= 0.6 is 23.2 Å². The fourth-order valence-corrected chi connectivity index (χ4v) is 1.46. The molecule has 0 saturated carbocycles. The molecule has 3 nitrogen and oxygen atoms in total. The van der Waals surface area contributed by atoms with E-state index in [2.05, 4.69) is 5.10 Å². The number of hydrogen-bond donors (Lipinski definition) is 1. The maximum Gasteiger partial charge on any atom is 0.146 e. The highest BCUT2D eigenvalue weighted by atomic mass is 35.5. The van der Waals surface area contributed by atoms with Gasteiger partial charge in [-0.05, 0) is 18.2 Å². The molecule has 0 bridgehead atoms. The molecule has 1 heterocycles. The van der Waals surface area contributed by atoms with Crippen LogP contribution in [0.15, 0.2) is 30.5 Å². The monoisotopic (exact) mass is 227 g/mol. The van der Waals surface area contributed by atoms with Crippen molar-refractivity contribution in [3.05, 3.63) is 40.5 Å². The Labute approximate surface area is 91.0 Å². The third kappa shape index (κ3) is 1.56. The Morgan fingerprint density at radius 3 is 2.64 bits per heavy atom. The molecule has 72 valence electrons. The molecular formula is C9H7Cl2N3. The largest absolute Gasteiger partial charge is 0.382 e. The first kappa shape index (κ1) is 9.37. The summed E-state index contributed by atoms with van der Waals surface area (Å²) in [5.74, 6) is 0.411. The van der Waals surface area contributed by atoms with E-state index in [1.54, 1.807) is 12.1 Å². The van der Waals surface area contributed by atoms with E-state index in [4.69, 9.17) is 28.9 Å². The quantitative estimate of drug-likeness (QED) is 0.815. The van der Waals surface area contributed by atoms with Gasteiger partial charge in [-0.15, -0.1) is 0 Å². The molecule has 0 aliphatic carbocycles. The molecule has 5 heteroatoms. The van der Waals surface area contributed by atoms with Crippen molar-refractivity contribution in [3.8, 4) is 5.69 Å². The predicted molar refractivity (Wildman–Crippen MR) is 58.0 cm³/mol. The van der Waals surface area contributed by atoms with Crippen LogP contribution in [0, 0.1) is 0 Å². The zero-order chi connectivity index (χ0) is 10.1. The Kier molecular flexibility index (Phi) is 2.35. The Hall–Kier alpha value is -1.19. The molecular weight excluding hydrogens is 221 g/mol. The molecule has 14 heavy (non-hydrogen) atoms. The maximum absolute atomic E-state index is 5.84. The van der Waals surface area contributed by atoms with Gasteiger partial charge >= 0.3 is 0 Å². The van der Waals surface area contributed by atoms with Crippen LogP contribution in [0.4, 0.5) is 5.82 Å². The van der Waals surface area contributed by atoms with Gasteiger partial charge in [0, 0.05) is 5.02 Å². The first-order valence-electron chi connectivity index (χ1n) is 3.93. The van der Waals surface area contributed by atoms with Gasteiger partial charge in [0.15, 0.2) is 0 Å². The summed E-state index contributed by atoms with van der Waals surface area (Å²) in [7, 11) is 0. The molecule has 0 fully saturated rings. The lowest BCUT2D eigenvalue weighted by Crippen LogP contribution is -2.01. The first-order valence-corrected chi connectivity index (χ1v) is 4.69. The maximum atomic E-state index is 5.84. The van der Waals surface area contributed by atoms with Crippen LogP contribution in [0.1, 0.15) is 0 Å². The minimum atomic E-state index is 0.411. The average molecular weight is 228 g/mol. The molecule has 0 spiro atoms. The fourth-order valence-electron chi connectivity index (χ4n) is 1.15. The van der Waals surface area contributed by atoms with Gasteiger partial charge < -0.3 is 5.73 Å². The SMILES string of the molecule is Nc1c(Cl)cnn1-c1cccc(Cl)c1. The van der Waals surface area contributed by atoms with Crippen molar-refractivity contribution in [2.75, 3.05) is 5.73 Å². The van der Waals surface area contributed by atoms with Gasteiger partial charge in [0.25, 0.3) is 0 Å². The van der Waals surface area contributed by atoms with E-state index < -0.39 is 0 Å². The summed E-state index contributed by atoms with van der Waals surface area (Å²) in [4.78, 5) is 0. The highest BCUT2D eigenvalue weighted by Crippen LogP contribution is 2.22. The standard InChI is InChI=1S/C9H7Cl2N3/c10-6-2-1-3-7(4-6)14-9(12)8(11)5-13-14/h1-5H,12H2. The summed E-state index contributed by atoms with van der Waals surface area (Å²) in [5, 5.41) is 5.10. The van der Waals surface area contributed by atoms with Crippen LogP contribution in [-0.2, 0) is 0 Å². The molecule has 1 aromatic heterocycles. The molecule has 0 aliphatic heterocycles. The molecule has 0 saturated heterocycles. The first-order chi connectivity index (χ1) is 6.68. The zero-order valence-electron chi connectivity index (χ0n) is 7.11. The average Bonchev–Trinajstić information content (AvgIpc) is 2.48. The number of benzene rings is 1. The Morgan fingerprint density at radius 2 is 2.07 bits per heavy atom. The van der Waals surface area contributed by atoms with Crippen LogP contribution in [0.3, 0.4) is 0 Å². The fraction of sp³-hybridized carbons (Fsp3) is 0. The zero-order valence-corrected chi connectivity index (χ0v) is 8.63. The van der Waals surface area contributed by atoms with Crippen molar-refractivity contribution in [1.82, 2.24) is 9.78 Å². The van der Waals surface area contributed by atoms with E-state index >= 15 is 0 Å². The van der Waals surface area contributed by atoms with Crippen LogP contribution in [-0.4, -0.2) is 9.78 Å². The second-order valence-electron chi connectivity index (χ2n) is 2.77. The van der Waals surface area contributed by atoms with Gasteiger partial charge in [-0.25, -0.2) is 4.68 Å². The summed E-state index contributed by atoms with van der Waals surface area (Å²) in [6, 6.07) is 7.23. The molecule has 2 rings (SSSR count). The smallest absolute Gasteiger partial charge is 0.146 e. The highest BCUT2D eigenvalue weighted by molar-refractivity contribution is 6.32. The molecule has 0 aliphatic rings. The van der Waals surface area contributed by atoms with Crippen LogP contribution in [0.25, 0.3) is 5.69 Å². The third-order valence-electron chi connectivity index (χ3n) is 1.81. The Morgan fingerprint density at radius 1 is 1.29 bits per heavy atom. The lowest BCUT2D eigenvalue weighted by Gasteiger charge is -2.03. The van der Waals surface area contributed by atoms with E-state index in [9.17, 15) is 0 Å². The van der Waals surface area contributed by atoms with Crippen molar-refractivity contribution in [2.24, 2.45) is 0 Å². The summed E-state index contributed by atoms with van der Waals surface area (Å²) >= 11 is 11.6. The number of hydrogen-bond acceptors (Lipinski definition) is 2. The number of nitrogens with two attached hydrogens (primary N) is 1. The minimum absolute atomic E-state index is 0.411. The highest BCUT2D eigenvalue weighted by Gasteiger charge is 2.06. The molecule has 2 N–H and O–H groups in total. The van der Waals surface area contributed by atoms with Gasteiger partial charge in [0.1, 0.15) is 10.8 Å². The van der Waals surface area contributed by atoms with Crippen LogP contribution in [0.2, 0.25) is 10.0 Å². The predicted octanol–water partition coefficient (Wildman–Crippen LogP) is 2.76. The van der Waals surface area contributed by atoms with Crippen molar-refractivity contribution >= 4 is 29.0 Å². The topological polar surface area (TPSA) is 43.8 Å². The number of aromatic nitrogens is 2. The van der Waals surface area contributed by atoms with E-state index in [1.165, 1.54) is 10.9 Å². The number of rotatable bonds is 1. The van der Waals surface area contributed by atoms with Gasteiger partial charge in [-0.3, -0.25) is 0 Å². The number of anilines is 1. The van der Waals surface area contributed by atoms with E-state index in [0.717, 1.165) is 5.69 Å². The van der Waals surface area contributed by atoms with Crippen molar-refractivity contribution in [1.29, 1.82) is 0 Å². The van der Waals surface area contributed by atoms with Gasteiger partial charge in [-0.1, -0.05) is 29.3 Å². The number of halogens is 2. The second-order valence-corrected chi connectivity index (χ2v) is 3.61. The van der Waals surface area contributed by atoms with Crippen molar-refractivity contribution in [2.45, 2.75) is 0 Å². The molecule has 0 atom stereocenters. The second kappa shape index (κ2) is 3.52. The number of nitrogen functional groups attached to an aromatic ring is 1. The number of nitrogens with zero attached hydrogens (tertiary/aromatic N) is 2. The minimum Gasteiger partial charge on any atom is -0.382 e. The van der Waals surface area contributed by atoms with Gasteiger partial charge in [0.05, 0.1) is 11.9 Å². The van der Waals surface area contributed by atoms with Crippen LogP contribution < -0.4 is 5.73 Å². The molecule has 0 unspecified atom stereocenters. The Balaban J connectivity index is 2.55. The molecule has 0 amide bonds. The van der Waals surface area contributed by atoms with Crippen molar-refractivity contribution < 1.29 is 0 Å². The Bertz CT molecular complexity index is 465. The van der Waals surface area contributed by atoms with Crippen LogP contribution in [0.5, 0.6) is 0 Å². The normalized spacial score (nSPS) is 10.4. The summed E-state index contributed by atoms with van der Waals surface area (Å²) in [6.45, 7) is 0. The lowest BCUT2D eigenvalue weighted by atomic mass is 10.3. The van der Waals surface area contributed by atoms with Gasteiger partial charge in [0.2, 0.25) is 0 Å². The van der Waals surface area contributed by atoms with Gasteiger partial charge in [-0.2, -0.15) is 5.10 Å².